The molecular weight excluding hydrogens is 1000 g/mol. The molecule has 0 saturated heterocycles. The summed E-state index contributed by atoms with van der Waals surface area (Å²) in [6.45, 7) is 35.7. The van der Waals surface area contributed by atoms with Crippen LogP contribution in [0.15, 0.2) is 144 Å². The molecule has 6 aromatic carbocycles. The summed E-state index contributed by atoms with van der Waals surface area (Å²) < 4.78 is 0. The Morgan fingerprint density at radius 3 is 0.829 bits per heavy atom. The Labute approximate surface area is 485 Å². The maximum atomic E-state index is 14.6. The third kappa shape index (κ3) is 12.0. The van der Waals surface area contributed by atoms with Crippen LogP contribution in [-0.2, 0) is 0 Å². The standard InChI is InChI=1S/C76H84N4O2/c1-43(2)63-31-55-32-64(44(3)4)71(63)77-39-51-23-21-24-52(75(51)81)40-78-73-67(47(9)10)35-57(36-68(73)48(11)12)61-29-19-20-30-62(61)58-37-69(49(13)14)74(70(38-58)50(15)16)80-42-54-26-22-25-53(76(54)82)41-79-72-65(45(5)6)33-56(34-66(72)46(7)8)60-28-18-17-27-59(55)60/h17-50,77,80H,1-16H3. The molecule has 16 aromatic rings. The molecule has 12 bridgehead atoms. The molecule has 0 unspecified atom stereocenters. The summed E-state index contributed by atoms with van der Waals surface area (Å²) in [6.07, 6.45) is 18.8. The van der Waals surface area contributed by atoms with Gasteiger partial charge in [-0.15, -0.1) is 0 Å². The summed E-state index contributed by atoms with van der Waals surface area (Å²) >= 11 is 0. The molecule has 0 fully saturated rings. The van der Waals surface area contributed by atoms with Gasteiger partial charge in [-0.3, -0.25) is 19.6 Å². The summed E-state index contributed by atoms with van der Waals surface area (Å²) in [5.74, 6) is 1.28. The van der Waals surface area contributed by atoms with Crippen molar-refractivity contribution < 1.29 is 0 Å². The minimum atomic E-state index is -0.0793. The zero-order chi connectivity index (χ0) is 58.8. The van der Waals surface area contributed by atoms with E-state index in [0.29, 0.717) is 21.6 Å². The van der Waals surface area contributed by atoms with E-state index >= 15 is 0 Å². The highest BCUT2D eigenvalue weighted by Crippen LogP contribution is 2.38. The van der Waals surface area contributed by atoms with Gasteiger partial charge in [0.05, 0.1) is 11.0 Å². The van der Waals surface area contributed by atoms with Crippen molar-refractivity contribution in [2.75, 3.05) is 0 Å². The topological polar surface area (TPSA) is 91.5 Å². The predicted molar refractivity (Wildman–Crippen MR) is 355 cm³/mol. The van der Waals surface area contributed by atoms with E-state index in [0.717, 1.165) is 87.4 Å². The zero-order valence-corrected chi connectivity index (χ0v) is 51.3. The fraction of sp³-hybridized carbons (Fsp3) is 0.316. The molecule has 6 nitrogen and oxygen atoms in total. The van der Waals surface area contributed by atoms with Gasteiger partial charge in [-0.25, -0.2) is 0 Å². The van der Waals surface area contributed by atoms with Crippen LogP contribution < -0.4 is 21.3 Å². The second-order valence-corrected chi connectivity index (χ2v) is 25.0. The average Bonchev–Trinajstić information content (AvgIpc) is 3.30. The van der Waals surface area contributed by atoms with Crippen LogP contribution in [0.3, 0.4) is 0 Å². The molecular formula is C76H84N4O2. The van der Waals surface area contributed by atoms with Gasteiger partial charge in [0.15, 0.2) is 10.9 Å². The van der Waals surface area contributed by atoms with Gasteiger partial charge in [-0.1, -0.05) is 171 Å². The number of aromatic amines is 2. The van der Waals surface area contributed by atoms with Crippen LogP contribution in [0.1, 0.15) is 214 Å². The lowest BCUT2D eigenvalue weighted by atomic mass is 9.89. The number of hydrogen-bond donors (Lipinski definition) is 2. The monoisotopic (exact) mass is 1080 g/mol. The minimum Gasteiger partial charge on any atom is -0.360 e. The first kappa shape index (κ1) is 58.7. The molecule has 0 radical (unpaired) electrons. The highest BCUT2D eigenvalue weighted by molar-refractivity contribution is 6.08. The smallest absolute Gasteiger partial charge is 0.196 e. The third-order valence-corrected chi connectivity index (χ3v) is 16.4. The van der Waals surface area contributed by atoms with E-state index < -0.39 is 0 Å². The van der Waals surface area contributed by atoms with Gasteiger partial charge in [0.2, 0.25) is 0 Å². The van der Waals surface area contributed by atoms with Gasteiger partial charge in [0, 0.05) is 57.4 Å². The molecule has 18 rings (SSSR count). The number of allylic oxidation sites excluding steroid dienone is 2. The Balaban J connectivity index is 1.47. The van der Waals surface area contributed by atoms with Crippen molar-refractivity contribution in [2.24, 2.45) is 0 Å². The van der Waals surface area contributed by atoms with Crippen LogP contribution in [0.5, 0.6) is 0 Å². The molecule has 10 heterocycles. The van der Waals surface area contributed by atoms with E-state index in [1.165, 1.54) is 22.3 Å². The van der Waals surface area contributed by atoms with Gasteiger partial charge in [-0.05, 0) is 208 Å². The van der Waals surface area contributed by atoms with Crippen LogP contribution in [0.2, 0.25) is 0 Å². The van der Waals surface area contributed by atoms with Crippen LogP contribution in [-0.4, -0.2) is 19.9 Å². The summed E-state index contributed by atoms with van der Waals surface area (Å²) in [5.41, 5.74) is 14.1. The number of H-pyrrole nitrogens is 2. The number of aromatic nitrogens is 4. The van der Waals surface area contributed by atoms with Gasteiger partial charge >= 0.3 is 0 Å². The number of nitrogens with zero attached hydrogens (tertiary/aromatic N) is 2. The normalized spacial score (nSPS) is 12.5. The lowest BCUT2D eigenvalue weighted by molar-refractivity contribution is 0.845. The number of benzene rings is 6. The maximum absolute atomic E-state index is 14.6. The molecule has 420 valence electrons. The number of nitrogens with one attached hydrogen (secondary N) is 2. The lowest BCUT2D eigenvalue weighted by Crippen LogP contribution is -2.26. The quantitative estimate of drug-likeness (QED) is 0.159. The first-order chi connectivity index (χ1) is 39.1. The van der Waals surface area contributed by atoms with Crippen molar-refractivity contribution in [1.29, 1.82) is 0 Å². The zero-order valence-electron chi connectivity index (χ0n) is 51.3. The lowest BCUT2D eigenvalue weighted by Gasteiger charge is -2.17. The molecule has 10 aromatic heterocycles. The van der Waals surface area contributed by atoms with Gasteiger partial charge in [-0.2, -0.15) is 0 Å². The highest BCUT2D eigenvalue weighted by Gasteiger charge is 2.18. The second kappa shape index (κ2) is 24.6. The molecule has 0 amide bonds. The Bertz CT molecular complexity index is 3990. The second-order valence-electron chi connectivity index (χ2n) is 25.0. The van der Waals surface area contributed by atoms with Crippen molar-refractivity contribution in [1.82, 2.24) is 19.9 Å². The van der Waals surface area contributed by atoms with E-state index in [-0.39, 0.29) is 58.2 Å². The van der Waals surface area contributed by atoms with Crippen molar-refractivity contribution in [3.63, 3.8) is 0 Å². The number of rotatable bonds is 8. The van der Waals surface area contributed by atoms with Crippen LogP contribution >= 0.6 is 0 Å². The van der Waals surface area contributed by atoms with Crippen LogP contribution in [0, 0.1) is 0 Å². The van der Waals surface area contributed by atoms with Crippen molar-refractivity contribution in [3.8, 4) is 0 Å². The van der Waals surface area contributed by atoms with E-state index in [2.05, 4.69) is 218 Å². The van der Waals surface area contributed by atoms with Crippen LogP contribution in [0.4, 0.5) is 0 Å². The van der Waals surface area contributed by atoms with E-state index in [4.69, 9.17) is 9.97 Å². The largest absolute Gasteiger partial charge is 0.360 e. The van der Waals surface area contributed by atoms with Gasteiger partial charge < -0.3 is 9.97 Å². The molecule has 6 heteroatoms. The van der Waals surface area contributed by atoms with Crippen molar-refractivity contribution in [2.45, 2.75) is 158 Å². The van der Waals surface area contributed by atoms with Gasteiger partial charge in [0.25, 0.3) is 0 Å². The highest BCUT2D eigenvalue weighted by atomic mass is 16.1. The Kier molecular flexibility index (Phi) is 17.6. The number of hydrogen-bond acceptors (Lipinski definition) is 4. The third-order valence-electron chi connectivity index (χ3n) is 16.4. The van der Waals surface area contributed by atoms with Crippen molar-refractivity contribution in [3.05, 3.63) is 221 Å². The molecule has 0 atom stereocenters. The molecule has 2 aliphatic rings. The first-order valence-electron chi connectivity index (χ1n) is 29.9. The molecule has 2 N–H and O–H groups in total. The SMILES string of the molecule is CC(C)c1cc2cc(C(C)C)c1ncc1c(=O)c(c[nH]c3c(C(C)C)cc(cc3C(C)C)c3ccccc3c3cc(C(C)C)c(ncc4c(=O)c(c[nH]c5c(C(C)C)cc(cc5C(C)C)c5ccccc25)C=CC=4)c(C(C)C)c3)C=CC=1. The van der Waals surface area contributed by atoms with Crippen LogP contribution in [0.25, 0.3) is 89.5 Å². The fourth-order valence-corrected chi connectivity index (χ4v) is 11.7. The van der Waals surface area contributed by atoms with Crippen molar-refractivity contribution >= 4 is 89.5 Å². The molecule has 2 aliphatic carbocycles. The van der Waals surface area contributed by atoms with E-state index in [1.54, 1.807) is 12.4 Å². The summed E-state index contributed by atoms with van der Waals surface area (Å²) in [5, 5.41) is 10.2. The first-order valence-corrected chi connectivity index (χ1v) is 29.9. The molecule has 82 heavy (non-hydrogen) atoms. The minimum absolute atomic E-state index is 0.0793. The molecule has 0 spiro atoms. The Morgan fingerprint density at radius 2 is 0.585 bits per heavy atom. The molecule has 0 saturated carbocycles. The maximum Gasteiger partial charge on any atom is 0.196 e. The Morgan fingerprint density at radius 1 is 0.341 bits per heavy atom. The predicted octanol–water partition coefficient (Wildman–Crippen LogP) is 19.0. The summed E-state index contributed by atoms with van der Waals surface area (Å²) in [4.78, 5) is 47.1. The Hall–Kier alpha value is -7.96. The van der Waals surface area contributed by atoms with E-state index in [1.807, 2.05) is 48.8 Å². The molecule has 0 aliphatic heterocycles. The van der Waals surface area contributed by atoms with E-state index in [9.17, 15) is 9.59 Å². The summed E-state index contributed by atoms with van der Waals surface area (Å²) in [6, 6.07) is 36.0. The fourth-order valence-electron chi connectivity index (χ4n) is 11.7. The van der Waals surface area contributed by atoms with Gasteiger partial charge in [0.1, 0.15) is 0 Å². The summed E-state index contributed by atoms with van der Waals surface area (Å²) in [7, 11) is 0. The average molecular weight is 1090 g/mol.